The van der Waals surface area contributed by atoms with E-state index in [1.165, 1.54) is 11.8 Å². The van der Waals surface area contributed by atoms with Crippen LogP contribution >= 0.6 is 0 Å². The number of carbonyl (C=O) groups excluding carboxylic acids is 2. The van der Waals surface area contributed by atoms with E-state index >= 15 is 0 Å². The summed E-state index contributed by atoms with van der Waals surface area (Å²) >= 11 is 0. The Morgan fingerprint density at radius 1 is 1.14 bits per heavy atom. The average molecular weight is 384 g/mol. The molecule has 0 spiro atoms. The largest absolute Gasteiger partial charge is 0.454 e. The van der Waals surface area contributed by atoms with Crippen molar-refractivity contribution in [2.24, 2.45) is 0 Å². The summed E-state index contributed by atoms with van der Waals surface area (Å²) < 4.78 is 10.7. The summed E-state index contributed by atoms with van der Waals surface area (Å²) in [5, 5.41) is 2.86. The van der Waals surface area contributed by atoms with E-state index < -0.39 is 0 Å². The number of ether oxygens (including phenoxy) is 2. The predicted octanol–water partition coefficient (Wildman–Crippen LogP) is -0.248. The molecule has 9 heteroatoms. The van der Waals surface area contributed by atoms with E-state index in [0.717, 1.165) is 32.1 Å². The topological polar surface area (TPSA) is 98.1 Å². The number of amides is 1. The summed E-state index contributed by atoms with van der Waals surface area (Å²) in [6, 6.07) is 5.06. The van der Waals surface area contributed by atoms with Gasteiger partial charge in [0, 0.05) is 24.0 Å². The second-order valence-electron chi connectivity index (χ2n) is 6.82. The van der Waals surface area contributed by atoms with E-state index in [2.05, 4.69) is 20.2 Å². The van der Waals surface area contributed by atoms with Gasteiger partial charge in [0.1, 0.15) is 0 Å². The molecule has 4 rings (SSSR count). The van der Waals surface area contributed by atoms with Gasteiger partial charge in [-0.2, -0.15) is 0 Å². The number of carbonyl (C=O) groups is 2. The first-order valence-corrected chi connectivity index (χ1v) is 9.20. The van der Waals surface area contributed by atoms with Crippen LogP contribution in [0, 0.1) is 0 Å². The summed E-state index contributed by atoms with van der Waals surface area (Å²) in [5.74, 6) is 1.49. The second kappa shape index (κ2) is 7.81. The summed E-state index contributed by atoms with van der Waals surface area (Å²) in [5.41, 5.74) is 0.871. The number of hydrogen-bond donors (Lipinski definition) is 2. The van der Waals surface area contributed by atoms with Crippen LogP contribution in [-0.4, -0.2) is 61.2 Å². The number of nitrogens with zero attached hydrogens (tertiary/aromatic N) is 3. The van der Waals surface area contributed by atoms with Crippen molar-refractivity contribution >= 4 is 23.3 Å². The molecular formula is C19H22N5O4+. The third kappa shape index (κ3) is 3.89. The van der Waals surface area contributed by atoms with Gasteiger partial charge in [0.15, 0.2) is 23.8 Å². The van der Waals surface area contributed by atoms with E-state index in [4.69, 9.17) is 9.47 Å². The Hall–Kier alpha value is -3.20. The van der Waals surface area contributed by atoms with Crippen LogP contribution in [-0.2, 0) is 4.79 Å². The zero-order valence-electron chi connectivity index (χ0n) is 15.6. The Balaban J connectivity index is 1.36. The number of rotatable bonds is 5. The number of nitrogens with one attached hydrogen (secondary N) is 2. The van der Waals surface area contributed by atoms with Gasteiger partial charge in [-0.3, -0.25) is 9.59 Å². The molecule has 2 aliphatic rings. The van der Waals surface area contributed by atoms with Crippen LogP contribution in [0.25, 0.3) is 0 Å². The van der Waals surface area contributed by atoms with Gasteiger partial charge in [0.05, 0.1) is 31.9 Å². The van der Waals surface area contributed by atoms with E-state index in [0.29, 0.717) is 29.3 Å². The number of hydrogen-bond acceptors (Lipinski definition) is 7. The van der Waals surface area contributed by atoms with Crippen LogP contribution in [0.5, 0.6) is 11.5 Å². The van der Waals surface area contributed by atoms with Crippen molar-refractivity contribution < 1.29 is 24.0 Å². The van der Waals surface area contributed by atoms with Crippen LogP contribution in [0.15, 0.2) is 30.6 Å². The minimum atomic E-state index is -0.141. The maximum atomic E-state index is 12.6. The van der Waals surface area contributed by atoms with Crippen LogP contribution in [0.4, 0.5) is 11.6 Å². The van der Waals surface area contributed by atoms with E-state index in [-0.39, 0.29) is 18.5 Å². The first-order chi connectivity index (χ1) is 13.6. The molecule has 1 aromatic carbocycles. The van der Waals surface area contributed by atoms with Crippen molar-refractivity contribution in [1.29, 1.82) is 0 Å². The van der Waals surface area contributed by atoms with Crippen LogP contribution in [0.3, 0.4) is 0 Å². The zero-order chi connectivity index (χ0) is 19.5. The molecule has 0 atom stereocenters. The molecule has 2 N–H and O–H groups in total. The Bertz CT molecular complexity index is 881. The SMILES string of the molecule is CC(=O)c1cc2c(cc1NC(=O)C[NH+]1CCN(c3ncccn3)CC1)OCO2. The summed E-state index contributed by atoms with van der Waals surface area (Å²) in [4.78, 5) is 36.3. The Kier molecular flexibility index (Phi) is 5.07. The zero-order valence-corrected chi connectivity index (χ0v) is 15.6. The van der Waals surface area contributed by atoms with Crippen molar-refractivity contribution in [1.82, 2.24) is 9.97 Å². The van der Waals surface area contributed by atoms with Crippen LogP contribution in [0.2, 0.25) is 0 Å². The molecule has 146 valence electrons. The van der Waals surface area contributed by atoms with Gasteiger partial charge in [0.25, 0.3) is 5.91 Å². The van der Waals surface area contributed by atoms with Crippen LogP contribution < -0.4 is 24.6 Å². The number of quaternary nitrogens is 1. The lowest BCUT2D eigenvalue weighted by atomic mass is 10.1. The highest BCUT2D eigenvalue weighted by Crippen LogP contribution is 2.37. The normalized spacial score (nSPS) is 16.1. The molecule has 9 nitrogen and oxygen atoms in total. The number of aromatic nitrogens is 2. The number of benzene rings is 1. The maximum absolute atomic E-state index is 12.6. The van der Waals surface area contributed by atoms with Crippen molar-refractivity contribution in [3.8, 4) is 11.5 Å². The Labute approximate surface area is 162 Å². The molecule has 0 saturated carbocycles. The molecule has 1 amide bonds. The number of anilines is 2. The highest BCUT2D eigenvalue weighted by Gasteiger charge is 2.25. The van der Waals surface area contributed by atoms with Crippen molar-refractivity contribution in [2.45, 2.75) is 6.92 Å². The van der Waals surface area contributed by atoms with Gasteiger partial charge in [0.2, 0.25) is 12.7 Å². The first-order valence-electron chi connectivity index (χ1n) is 9.20. The lowest BCUT2D eigenvalue weighted by Gasteiger charge is -2.31. The summed E-state index contributed by atoms with van der Waals surface area (Å²) in [6.07, 6.45) is 3.46. The van der Waals surface area contributed by atoms with Crippen molar-refractivity contribution in [3.05, 3.63) is 36.2 Å². The highest BCUT2D eigenvalue weighted by molar-refractivity contribution is 6.04. The van der Waals surface area contributed by atoms with E-state index in [1.807, 2.05) is 0 Å². The number of fused-ring (bicyclic) bond motifs is 1. The quantitative estimate of drug-likeness (QED) is 0.686. The lowest BCUT2D eigenvalue weighted by Crippen LogP contribution is -3.15. The molecule has 0 radical (unpaired) electrons. The number of piperazine rings is 1. The molecular weight excluding hydrogens is 362 g/mol. The Morgan fingerprint density at radius 3 is 2.50 bits per heavy atom. The monoisotopic (exact) mass is 384 g/mol. The fourth-order valence-corrected chi connectivity index (χ4v) is 3.41. The van der Waals surface area contributed by atoms with Gasteiger partial charge >= 0.3 is 0 Å². The van der Waals surface area contributed by atoms with Gasteiger partial charge in [-0.25, -0.2) is 9.97 Å². The number of ketones is 1. The van der Waals surface area contributed by atoms with Gasteiger partial charge in [-0.15, -0.1) is 0 Å². The standard InChI is InChI=1S/C19H21N5O4/c1-13(25)14-9-16-17(28-12-27-16)10-15(14)22-18(26)11-23-5-7-24(8-6-23)19-20-3-2-4-21-19/h2-4,9-10H,5-8,11-12H2,1H3,(H,22,26)/p+1. The van der Waals surface area contributed by atoms with E-state index in [9.17, 15) is 9.59 Å². The molecule has 2 aliphatic heterocycles. The molecule has 0 bridgehead atoms. The fourth-order valence-electron chi connectivity index (χ4n) is 3.41. The Morgan fingerprint density at radius 2 is 1.82 bits per heavy atom. The summed E-state index contributed by atoms with van der Waals surface area (Å²) in [7, 11) is 0. The van der Waals surface area contributed by atoms with Gasteiger partial charge in [-0.1, -0.05) is 0 Å². The molecule has 1 saturated heterocycles. The average Bonchev–Trinajstić information content (AvgIpc) is 3.16. The molecule has 0 aliphatic carbocycles. The highest BCUT2D eigenvalue weighted by atomic mass is 16.7. The van der Waals surface area contributed by atoms with Crippen LogP contribution in [0.1, 0.15) is 17.3 Å². The maximum Gasteiger partial charge on any atom is 0.279 e. The molecule has 2 aromatic rings. The third-order valence-corrected chi connectivity index (χ3v) is 4.88. The lowest BCUT2D eigenvalue weighted by molar-refractivity contribution is -0.892. The van der Waals surface area contributed by atoms with Gasteiger partial charge in [-0.05, 0) is 19.1 Å². The van der Waals surface area contributed by atoms with Crippen molar-refractivity contribution in [2.75, 3.05) is 49.7 Å². The molecule has 3 heterocycles. The molecule has 28 heavy (non-hydrogen) atoms. The van der Waals surface area contributed by atoms with E-state index in [1.54, 1.807) is 30.6 Å². The number of Topliss-reactive ketones (excluding diaryl/α,β-unsaturated/α-hetero) is 1. The predicted molar refractivity (Wildman–Crippen MR) is 101 cm³/mol. The fraction of sp³-hybridized carbons (Fsp3) is 0.368. The minimum Gasteiger partial charge on any atom is -0.454 e. The minimum absolute atomic E-state index is 0.115. The third-order valence-electron chi connectivity index (χ3n) is 4.88. The smallest absolute Gasteiger partial charge is 0.279 e. The molecule has 0 unspecified atom stereocenters. The van der Waals surface area contributed by atoms with Gasteiger partial charge < -0.3 is 24.6 Å². The summed E-state index contributed by atoms with van der Waals surface area (Å²) in [6.45, 7) is 5.10. The first kappa shape index (κ1) is 18.2. The second-order valence-corrected chi connectivity index (χ2v) is 6.82. The molecule has 1 fully saturated rings. The molecule has 1 aromatic heterocycles. The van der Waals surface area contributed by atoms with Crippen molar-refractivity contribution in [3.63, 3.8) is 0 Å².